The highest BCUT2D eigenvalue weighted by Crippen LogP contribution is 2.11. The molecule has 4 N–H and O–H groups in total. The number of hydrazine groups is 1. The highest BCUT2D eigenvalue weighted by Gasteiger charge is 2.02. The van der Waals surface area contributed by atoms with Crippen LogP contribution in [0.3, 0.4) is 0 Å². The second-order valence-corrected chi connectivity index (χ2v) is 5.28. The molecule has 0 amide bonds. The molecule has 0 aliphatic rings. The van der Waals surface area contributed by atoms with Gasteiger partial charge in [0.05, 0.1) is 0 Å². The van der Waals surface area contributed by atoms with Crippen LogP contribution in [-0.2, 0) is 0 Å². The Bertz CT molecular complexity index is 401. The predicted molar refractivity (Wildman–Crippen MR) is 83.3 cm³/mol. The molecule has 0 bridgehead atoms. The molecule has 0 spiro atoms. The topological polar surface area (TPSA) is 69.2 Å². The highest BCUT2D eigenvalue weighted by atomic mass is 16.5. The summed E-state index contributed by atoms with van der Waals surface area (Å²) in [6, 6.07) is 8.28. The van der Waals surface area contributed by atoms with Crippen molar-refractivity contribution >= 4 is 5.84 Å². The highest BCUT2D eigenvalue weighted by molar-refractivity contribution is 5.96. The Balaban J connectivity index is 2.37. The Kier molecular flexibility index (Phi) is 7.04. The first-order valence-corrected chi connectivity index (χ1v) is 7.05. The fourth-order valence-electron chi connectivity index (χ4n) is 1.52. The molecule has 0 saturated heterocycles. The van der Waals surface area contributed by atoms with E-state index in [1.807, 2.05) is 38.1 Å². The van der Waals surface area contributed by atoms with Crippen LogP contribution in [0.5, 0.6) is 5.75 Å². The molecule has 1 aromatic rings. The van der Waals surface area contributed by atoms with E-state index in [4.69, 9.17) is 10.1 Å². The van der Waals surface area contributed by atoms with Gasteiger partial charge >= 0.3 is 0 Å². The molecule has 0 heterocycles. The Labute approximate surface area is 121 Å². The Morgan fingerprint density at radius 3 is 2.30 bits per heavy atom. The third-order valence-electron chi connectivity index (χ3n) is 2.55. The van der Waals surface area contributed by atoms with Crippen LogP contribution in [0.1, 0.15) is 33.3 Å². The van der Waals surface area contributed by atoms with E-state index >= 15 is 0 Å². The van der Waals surface area contributed by atoms with Crippen molar-refractivity contribution in [1.29, 1.82) is 5.41 Å². The first-order valence-electron chi connectivity index (χ1n) is 7.05. The van der Waals surface area contributed by atoms with Gasteiger partial charge in [0.15, 0.2) is 0 Å². The first kappa shape index (κ1) is 16.5. The van der Waals surface area contributed by atoms with E-state index in [1.165, 1.54) is 0 Å². The van der Waals surface area contributed by atoms with Crippen molar-refractivity contribution < 1.29 is 4.74 Å². The number of rotatable bonds is 8. The predicted octanol–water partition coefficient (Wildman–Crippen LogP) is 1.89. The Morgan fingerprint density at radius 1 is 1.10 bits per heavy atom. The minimum Gasteiger partial charge on any atom is -0.492 e. The normalized spacial score (nSPS) is 10.9. The minimum atomic E-state index is 0.284. The monoisotopic (exact) mass is 278 g/mol. The lowest BCUT2D eigenvalue weighted by molar-refractivity contribution is 0.309. The summed E-state index contributed by atoms with van der Waals surface area (Å²) in [5.74, 6) is 1.18. The largest absolute Gasteiger partial charge is 0.492 e. The van der Waals surface area contributed by atoms with Crippen LogP contribution in [-0.4, -0.2) is 31.1 Å². The van der Waals surface area contributed by atoms with Gasteiger partial charge in [0, 0.05) is 24.2 Å². The zero-order valence-corrected chi connectivity index (χ0v) is 12.8. The van der Waals surface area contributed by atoms with Crippen molar-refractivity contribution in [3.05, 3.63) is 29.8 Å². The number of benzene rings is 1. The molecule has 0 aromatic heterocycles. The Hall–Kier alpha value is -1.59. The summed E-state index contributed by atoms with van der Waals surface area (Å²) >= 11 is 0. The molecule has 0 fully saturated rings. The van der Waals surface area contributed by atoms with Crippen molar-refractivity contribution in [2.45, 2.75) is 39.8 Å². The maximum Gasteiger partial charge on any atom is 0.139 e. The zero-order chi connectivity index (χ0) is 15.0. The molecule has 20 heavy (non-hydrogen) atoms. The number of nitrogens with one attached hydrogen (secondary N) is 4. The molecule has 5 heteroatoms. The van der Waals surface area contributed by atoms with Gasteiger partial charge in [-0.2, -0.15) is 0 Å². The maximum absolute atomic E-state index is 7.88. The van der Waals surface area contributed by atoms with Crippen LogP contribution in [0.2, 0.25) is 0 Å². The van der Waals surface area contributed by atoms with Crippen molar-refractivity contribution in [2.75, 3.05) is 13.2 Å². The second kappa shape index (κ2) is 8.55. The average Bonchev–Trinajstić information content (AvgIpc) is 2.41. The summed E-state index contributed by atoms with van der Waals surface area (Å²) in [6.07, 6.45) is 0. The van der Waals surface area contributed by atoms with Crippen molar-refractivity contribution in [3.8, 4) is 5.75 Å². The smallest absolute Gasteiger partial charge is 0.139 e. The first-order chi connectivity index (χ1) is 9.49. The van der Waals surface area contributed by atoms with Gasteiger partial charge in [-0.05, 0) is 38.1 Å². The van der Waals surface area contributed by atoms with Crippen LogP contribution >= 0.6 is 0 Å². The second-order valence-electron chi connectivity index (χ2n) is 5.28. The SMILES string of the molecule is CC(C)NCCOc1ccc(C(=N)NNC(C)C)cc1. The lowest BCUT2D eigenvalue weighted by atomic mass is 10.2. The fraction of sp³-hybridized carbons (Fsp3) is 0.533. The summed E-state index contributed by atoms with van der Waals surface area (Å²) in [6.45, 7) is 9.72. The van der Waals surface area contributed by atoms with Gasteiger partial charge in [0.2, 0.25) is 0 Å². The molecule has 0 saturated carbocycles. The van der Waals surface area contributed by atoms with Gasteiger partial charge in [-0.3, -0.25) is 5.41 Å². The molecule has 0 aliphatic carbocycles. The molecule has 0 atom stereocenters. The molecule has 5 nitrogen and oxygen atoms in total. The van der Waals surface area contributed by atoms with Crippen LogP contribution in [0.25, 0.3) is 0 Å². The summed E-state index contributed by atoms with van der Waals surface area (Å²) in [5, 5.41) is 11.2. The van der Waals surface area contributed by atoms with E-state index in [-0.39, 0.29) is 6.04 Å². The fourth-order valence-corrected chi connectivity index (χ4v) is 1.52. The minimum absolute atomic E-state index is 0.284. The van der Waals surface area contributed by atoms with Gasteiger partial charge < -0.3 is 15.5 Å². The van der Waals surface area contributed by atoms with Crippen LogP contribution in [0.4, 0.5) is 0 Å². The number of amidine groups is 1. The Morgan fingerprint density at radius 2 is 1.75 bits per heavy atom. The lowest BCUT2D eigenvalue weighted by Gasteiger charge is -2.13. The van der Waals surface area contributed by atoms with E-state index in [1.54, 1.807) is 0 Å². The van der Waals surface area contributed by atoms with Gasteiger partial charge in [0.25, 0.3) is 0 Å². The lowest BCUT2D eigenvalue weighted by Crippen LogP contribution is -2.41. The average molecular weight is 278 g/mol. The van der Waals surface area contributed by atoms with Gasteiger partial charge in [-0.15, -0.1) is 0 Å². The summed E-state index contributed by atoms with van der Waals surface area (Å²) in [7, 11) is 0. The van der Waals surface area contributed by atoms with E-state index < -0.39 is 0 Å². The van der Waals surface area contributed by atoms with E-state index in [0.29, 0.717) is 18.5 Å². The van der Waals surface area contributed by atoms with E-state index in [9.17, 15) is 0 Å². The standard InChI is InChI=1S/C15H26N4O/c1-11(2)17-9-10-20-14-7-5-13(6-8-14)15(16)19-18-12(3)4/h5-8,11-12,17-18H,9-10H2,1-4H3,(H2,16,19). The third-order valence-corrected chi connectivity index (χ3v) is 2.55. The number of hydrogen-bond donors (Lipinski definition) is 4. The van der Waals surface area contributed by atoms with Gasteiger partial charge in [0.1, 0.15) is 18.2 Å². The summed E-state index contributed by atoms with van der Waals surface area (Å²) < 4.78 is 5.62. The zero-order valence-electron chi connectivity index (χ0n) is 12.8. The van der Waals surface area contributed by atoms with Crippen LogP contribution < -0.4 is 20.9 Å². The van der Waals surface area contributed by atoms with E-state index in [0.717, 1.165) is 17.9 Å². The number of hydrogen-bond acceptors (Lipinski definition) is 4. The summed E-state index contributed by atoms with van der Waals surface area (Å²) in [4.78, 5) is 0. The quantitative estimate of drug-likeness (QED) is 0.254. The molecule has 0 unspecified atom stereocenters. The van der Waals surface area contributed by atoms with Crippen LogP contribution in [0, 0.1) is 5.41 Å². The molecule has 112 valence electrons. The van der Waals surface area contributed by atoms with Crippen molar-refractivity contribution in [1.82, 2.24) is 16.2 Å². The van der Waals surface area contributed by atoms with Crippen LogP contribution in [0.15, 0.2) is 24.3 Å². The molecular weight excluding hydrogens is 252 g/mol. The molecule has 1 aromatic carbocycles. The number of ether oxygens (including phenoxy) is 1. The maximum atomic E-state index is 7.88. The van der Waals surface area contributed by atoms with Crippen molar-refractivity contribution in [2.24, 2.45) is 0 Å². The molecular formula is C15H26N4O. The summed E-state index contributed by atoms with van der Waals surface area (Å²) in [5.41, 5.74) is 6.69. The molecule has 0 radical (unpaired) electrons. The molecule has 0 aliphatic heterocycles. The van der Waals surface area contributed by atoms with Gasteiger partial charge in [-0.25, -0.2) is 5.43 Å². The van der Waals surface area contributed by atoms with Crippen molar-refractivity contribution in [3.63, 3.8) is 0 Å². The van der Waals surface area contributed by atoms with Gasteiger partial charge in [-0.1, -0.05) is 13.8 Å². The molecule has 1 rings (SSSR count). The third kappa shape index (κ3) is 6.54. The van der Waals surface area contributed by atoms with E-state index in [2.05, 4.69) is 30.0 Å².